The maximum atomic E-state index is 13.0. The minimum Gasteiger partial charge on any atom is -0.338 e. The Morgan fingerprint density at radius 2 is 1.71 bits per heavy atom. The zero-order valence-corrected chi connectivity index (χ0v) is 17.2. The minimum absolute atomic E-state index is 0.0809. The minimum atomic E-state index is -3.95. The fourth-order valence-electron chi connectivity index (χ4n) is 3.57. The van der Waals surface area contributed by atoms with Gasteiger partial charge in [-0.15, -0.1) is 0 Å². The molecule has 2 unspecified atom stereocenters. The van der Waals surface area contributed by atoms with Crippen LogP contribution in [0.25, 0.3) is 0 Å². The van der Waals surface area contributed by atoms with Crippen LogP contribution < -0.4 is 4.72 Å². The summed E-state index contributed by atoms with van der Waals surface area (Å²) < 4.78 is 40.8. The van der Waals surface area contributed by atoms with Crippen molar-refractivity contribution in [1.29, 1.82) is 0 Å². The molecule has 0 radical (unpaired) electrons. The van der Waals surface area contributed by atoms with Crippen LogP contribution in [0, 0.1) is 17.7 Å². The molecule has 150 valence electrons. The number of likely N-dealkylation sites (tertiary alicyclic amines) is 1. The lowest BCUT2D eigenvalue weighted by molar-refractivity contribution is 0.0623. The summed E-state index contributed by atoms with van der Waals surface area (Å²) in [6, 6.07) is 9.01. The summed E-state index contributed by atoms with van der Waals surface area (Å²) in [5.74, 6) is 0.00612. The predicted molar refractivity (Wildman–Crippen MR) is 108 cm³/mol. The normalized spacial score (nSPS) is 20.1. The Morgan fingerprint density at radius 3 is 2.32 bits per heavy atom. The van der Waals surface area contributed by atoms with Gasteiger partial charge in [-0.25, -0.2) is 12.8 Å². The van der Waals surface area contributed by atoms with Crippen molar-refractivity contribution in [3.05, 3.63) is 58.9 Å². The van der Waals surface area contributed by atoms with Gasteiger partial charge in [0.1, 0.15) is 5.82 Å². The van der Waals surface area contributed by atoms with Crippen molar-refractivity contribution in [3.63, 3.8) is 0 Å². The molecular weight excluding hydrogens is 403 g/mol. The van der Waals surface area contributed by atoms with Crippen molar-refractivity contribution in [2.45, 2.75) is 25.2 Å². The van der Waals surface area contributed by atoms with Gasteiger partial charge in [0.05, 0.1) is 15.5 Å². The number of carbonyl (C=O) groups excluding carboxylic acids is 1. The molecule has 1 saturated heterocycles. The maximum Gasteiger partial charge on any atom is 0.261 e. The van der Waals surface area contributed by atoms with Crippen LogP contribution in [0.2, 0.25) is 5.02 Å². The lowest BCUT2D eigenvalue weighted by Gasteiger charge is -2.35. The van der Waals surface area contributed by atoms with Crippen LogP contribution in [-0.2, 0) is 10.0 Å². The number of nitrogens with zero attached hydrogens (tertiary/aromatic N) is 1. The first-order chi connectivity index (χ1) is 13.2. The summed E-state index contributed by atoms with van der Waals surface area (Å²) in [6.45, 7) is 5.41. The molecule has 0 bridgehead atoms. The molecule has 1 heterocycles. The fourth-order valence-corrected chi connectivity index (χ4v) is 4.85. The van der Waals surface area contributed by atoms with Crippen LogP contribution in [0.3, 0.4) is 0 Å². The van der Waals surface area contributed by atoms with E-state index in [4.69, 9.17) is 11.6 Å². The van der Waals surface area contributed by atoms with E-state index in [0.717, 1.165) is 18.6 Å². The van der Waals surface area contributed by atoms with E-state index in [1.54, 1.807) is 4.90 Å². The molecule has 1 N–H and O–H groups in total. The number of carbonyl (C=O) groups is 1. The van der Waals surface area contributed by atoms with Gasteiger partial charge >= 0.3 is 0 Å². The molecule has 1 aliphatic rings. The van der Waals surface area contributed by atoms with Gasteiger partial charge < -0.3 is 4.90 Å². The quantitative estimate of drug-likeness (QED) is 0.791. The zero-order valence-electron chi connectivity index (χ0n) is 15.7. The van der Waals surface area contributed by atoms with Crippen molar-refractivity contribution in [2.75, 3.05) is 17.8 Å². The molecule has 1 fully saturated rings. The van der Waals surface area contributed by atoms with Gasteiger partial charge in [-0.3, -0.25) is 9.52 Å². The van der Waals surface area contributed by atoms with E-state index in [0.29, 0.717) is 24.9 Å². The van der Waals surface area contributed by atoms with Crippen molar-refractivity contribution >= 4 is 33.2 Å². The molecule has 3 rings (SSSR count). The number of hydrogen-bond acceptors (Lipinski definition) is 3. The van der Waals surface area contributed by atoms with Crippen molar-refractivity contribution < 1.29 is 17.6 Å². The summed E-state index contributed by atoms with van der Waals surface area (Å²) in [7, 11) is -3.95. The van der Waals surface area contributed by atoms with Crippen LogP contribution in [0.15, 0.2) is 47.4 Å². The highest BCUT2D eigenvalue weighted by molar-refractivity contribution is 7.92. The van der Waals surface area contributed by atoms with Gasteiger partial charge in [-0.1, -0.05) is 25.4 Å². The van der Waals surface area contributed by atoms with Crippen LogP contribution in [0.5, 0.6) is 0 Å². The molecule has 1 aliphatic heterocycles. The molecule has 2 aromatic rings. The topological polar surface area (TPSA) is 66.5 Å². The second kappa shape index (κ2) is 8.09. The Kier molecular flexibility index (Phi) is 5.95. The molecule has 2 atom stereocenters. The Hall–Kier alpha value is -2.12. The molecule has 0 aliphatic carbocycles. The number of rotatable bonds is 4. The summed E-state index contributed by atoms with van der Waals surface area (Å²) in [6.07, 6.45) is 1.05. The zero-order chi connectivity index (χ0) is 20.5. The Balaban J connectivity index is 1.88. The summed E-state index contributed by atoms with van der Waals surface area (Å²) in [4.78, 5) is 14.6. The first kappa shape index (κ1) is 20.6. The van der Waals surface area contributed by atoms with Gasteiger partial charge in [0.25, 0.3) is 15.9 Å². The lowest BCUT2D eigenvalue weighted by Crippen LogP contribution is -2.42. The predicted octanol–water partition coefficient (Wildman–Crippen LogP) is 4.40. The number of anilines is 1. The second-order valence-corrected chi connectivity index (χ2v) is 9.50. The Labute approximate surface area is 169 Å². The number of halogens is 2. The highest BCUT2D eigenvalue weighted by Crippen LogP contribution is 2.27. The average molecular weight is 425 g/mol. The lowest BCUT2D eigenvalue weighted by atomic mass is 9.91. The number of benzene rings is 2. The largest absolute Gasteiger partial charge is 0.338 e. The van der Waals surface area contributed by atoms with Gasteiger partial charge in [0.15, 0.2) is 0 Å². The van der Waals surface area contributed by atoms with Gasteiger partial charge in [-0.05, 0) is 60.7 Å². The molecule has 8 heteroatoms. The Bertz CT molecular complexity index is 969. The van der Waals surface area contributed by atoms with E-state index >= 15 is 0 Å². The SMILES string of the molecule is CC1CC(C)CN(C(=O)c2cc(S(=O)(=O)Nc3ccc(F)cc3)ccc2Cl)C1. The van der Waals surface area contributed by atoms with Gasteiger partial charge in [0, 0.05) is 18.8 Å². The maximum absolute atomic E-state index is 13.0. The van der Waals surface area contributed by atoms with E-state index in [9.17, 15) is 17.6 Å². The molecule has 28 heavy (non-hydrogen) atoms. The van der Waals surface area contributed by atoms with E-state index in [1.165, 1.54) is 30.3 Å². The highest BCUT2D eigenvalue weighted by Gasteiger charge is 2.28. The number of hydrogen-bond donors (Lipinski definition) is 1. The summed E-state index contributed by atoms with van der Waals surface area (Å²) in [5, 5.41) is 0.205. The smallest absolute Gasteiger partial charge is 0.261 e. The van der Waals surface area contributed by atoms with E-state index < -0.39 is 15.8 Å². The van der Waals surface area contributed by atoms with E-state index in [1.807, 2.05) is 0 Å². The first-order valence-electron chi connectivity index (χ1n) is 9.03. The molecule has 0 saturated carbocycles. The number of sulfonamides is 1. The van der Waals surface area contributed by atoms with Crippen LogP contribution in [0.1, 0.15) is 30.6 Å². The fraction of sp³-hybridized carbons (Fsp3) is 0.350. The first-order valence-corrected chi connectivity index (χ1v) is 10.9. The van der Waals surface area contributed by atoms with Crippen molar-refractivity contribution in [2.24, 2.45) is 11.8 Å². The molecule has 0 spiro atoms. The summed E-state index contributed by atoms with van der Waals surface area (Å²) in [5.41, 5.74) is 0.382. The van der Waals surface area contributed by atoms with Crippen molar-refractivity contribution in [3.8, 4) is 0 Å². The van der Waals surface area contributed by atoms with E-state index in [2.05, 4.69) is 18.6 Å². The van der Waals surface area contributed by atoms with Crippen molar-refractivity contribution in [1.82, 2.24) is 4.90 Å². The van der Waals surface area contributed by atoms with E-state index in [-0.39, 0.29) is 27.1 Å². The third-order valence-corrected chi connectivity index (χ3v) is 6.44. The van der Waals surface area contributed by atoms with Crippen LogP contribution in [0.4, 0.5) is 10.1 Å². The third kappa shape index (κ3) is 4.64. The van der Waals surface area contributed by atoms with Gasteiger partial charge in [-0.2, -0.15) is 0 Å². The molecular formula is C20H22ClFN2O3S. The molecule has 1 amide bonds. The summed E-state index contributed by atoms with van der Waals surface area (Å²) >= 11 is 6.21. The number of amides is 1. The Morgan fingerprint density at radius 1 is 1.11 bits per heavy atom. The number of piperidine rings is 1. The second-order valence-electron chi connectivity index (χ2n) is 7.41. The average Bonchev–Trinajstić information content (AvgIpc) is 2.62. The molecule has 5 nitrogen and oxygen atoms in total. The van der Waals surface area contributed by atoms with Gasteiger partial charge in [0.2, 0.25) is 0 Å². The number of nitrogens with one attached hydrogen (secondary N) is 1. The van der Waals surface area contributed by atoms with Crippen LogP contribution >= 0.6 is 11.6 Å². The highest BCUT2D eigenvalue weighted by atomic mass is 35.5. The molecule has 2 aromatic carbocycles. The molecule has 0 aromatic heterocycles. The third-order valence-electron chi connectivity index (χ3n) is 4.73. The standard InChI is InChI=1S/C20H22ClFN2O3S/c1-13-9-14(2)12-24(11-13)20(25)18-10-17(7-8-19(18)21)28(26,27)23-16-5-3-15(22)4-6-16/h3-8,10,13-14,23H,9,11-12H2,1-2H3. The monoisotopic (exact) mass is 424 g/mol. The van der Waals surface area contributed by atoms with Crippen LogP contribution in [-0.4, -0.2) is 32.3 Å².